The van der Waals surface area contributed by atoms with Gasteiger partial charge in [0.15, 0.2) is 0 Å². The topological polar surface area (TPSA) is 60.9 Å². The molecule has 0 saturated carbocycles. The highest BCUT2D eigenvalue weighted by molar-refractivity contribution is 7.89. The van der Waals surface area contributed by atoms with Gasteiger partial charge in [-0.1, -0.05) is 40.9 Å². The number of halogens is 3. The number of sulfonamides is 1. The van der Waals surface area contributed by atoms with Gasteiger partial charge in [0.05, 0.1) is 11.6 Å². The van der Waals surface area contributed by atoms with Gasteiger partial charge < -0.3 is 9.80 Å². The third kappa shape index (κ3) is 5.16. The molecule has 3 rings (SSSR count). The molecule has 156 valence electrons. The lowest BCUT2D eigenvalue weighted by atomic mass is 10.2. The first-order chi connectivity index (χ1) is 13.7. The minimum atomic E-state index is -3.94. The first-order valence-corrected chi connectivity index (χ1v) is 11.5. The Hall–Kier alpha value is -1.51. The van der Waals surface area contributed by atoms with Crippen LogP contribution in [0.1, 0.15) is 0 Å². The first-order valence-electron chi connectivity index (χ1n) is 8.88. The summed E-state index contributed by atoms with van der Waals surface area (Å²) in [6.07, 6.45) is 0. The summed E-state index contributed by atoms with van der Waals surface area (Å²) < 4.78 is 26.6. The summed E-state index contributed by atoms with van der Waals surface area (Å²) >= 11 is 18.0. The van der Waals surface area contributed by atoms with Crippen molar-refractivity contribution in [2.75, 3.05) is 44.7 Å². The second-order valence-electron chi connectivity index (χ2n) is 6.68. The number of carbonyl (C=O) groups is 1. The molecule has 0 atom stereocenters. The largest absolute Gasteiger partial charge is 0.368 e. The first kappa shape index (κ1) is 22.2. The fourth-order valence-electron chi connectivity index (χ4n) is 3.11. The molecule has 2 aromatic carbocycles. The van der Waals surface area contributed by atoms with E-state index in [1.54, 1.807) is 4.90 Å². The summed E-state index contributed by atoms with van der Waals surface area (Å²) in [5, 5.41) is 0.973. The van der Waals surface area contributed by atoms with Crippen molar-refractivity contribution in [2.45, 2.75) is 4.90 Å². The van der Waals surface area contributed by atoms with Crippen LogP contribution in [-0.2, 0) is 14.8 Å². The third-order valence-electron chi connectivity index (χ3n) is 4.75. The van der Waals surface area contributed by atoms with E-state index in [2.05, 4.69) is 4.90 Å². The minimum Gasteiger partial charge on any atom is -0.368 e. The van der Waals surface area contributed by atoms with Crippen LogP contribution in [0.15, 0.2) is 47.4 Å². The van der Waals surface area contributed by atoms with Crippen molar-refractivity contribution >= 4 is 56.4 Å². The van der Waals surface area contributed by atoms with Crippen LogP contribution >= 0.6 is 34.8 Å². The van der Waals surface area contributed by atoms with Crippen LogP contribution in [0, 0.1) is 0 Å². The molecular weight excluding hydrogens is 457 g/mol. The molecule has 1 amide bonds. The molecule has 1 aliphatic heterocycles. The molecule has 1 fully saturated rings. The van der Waals surface area contributed by atoms with E-state index in [9.17, 15) is 13.2 Å². The molecule has 0 radical (unpaired) electrons. The number of anilines is 1. The average Bonchev–Trinajstić information content (AvgIpc) is 2.69. The van der Waals surface area contributed by atoms with Crippen molar-refractivity contribution in [3.63, 3.8) is 0 Å². The molecule has 0 spiro atoms. The number of hydrogen-bond donors (Lipinski definition) is 0. The summed E-state index contributed by atoms with van der Waals surface area (Å²) in [6, 6.07) is 11.8. The lowest BCUT2D eigenvalue weighted by Gasteiger charge is -2.36. The molecule has 0 unspecified atom stereocenters. The van der Waals surface area contributed by atoms with Gasteiger partial charge in [0, 0.05) is 49.0 Å². The molecule has 1 heterocycles. The fraction of sp³-hybridized carbons (Fsp3) is 0.316. The van der Waals surface area contributed by atoms with Gasteiger partial charge in [0.2, 0.25) is 15.9 Å². The third-order valence-corrected chi connectivity index (χ3v) is 7.50. The van der Waals surface area contributed by atoms with Gasteiger partial charge in [-0.25, -0.2) is 8.42 Å². The number of rotatable bonds is 5. The minimum absolute atomic E-state index is 0.0591. The van der Waals surface area contributed by atoms with Gasteiger partial charge in [0.1, 0.15) is 4.90 Å². The molecule has 10 heteroatoms. The Labute approximate surface area is 185 Å². The second-order valence-corrected chi connectivity index (χ2v) is 9.98. The molecule has 1 aliphatic rings. The zero-order valence-electron chi connectivity index (χ0n) is 15.7. The highest BCUT2D eigenvalue weighted by Crippen LogP contribution is 2.27. The van der Waals surface area contributed by atoms with E-state index in [-0.39, 0.29) is 27.4 Å². The molecule has 2 aromatic rings. The van der Waals surface area contributed by atoms with E-state index in [0.29, 0.717) is 31.2 Å². The summed E-state index contributed by atoms with van der Waals surface area (Å²) in [5.74, 6) is -0.264. The van der Waals surface area contributed by atoms with Crippen LogP contribution in [0.2, 0.25) is 15.1 Å². The molecule has 0 aromatic heterocycles. The second kappa shape index (κ2) is 9.10. The lowest BCUT2D eigenvalue weighted by molar-refractivity contribution is -0.131. The van der Waals surface area contributed by atoms with Crippen LogP contribution < -0.4 is 4.90 Å². The van der Waals surface area contributed by atoms with Crippen molar-refractivity contribution in [1.82, 2.24) is 9.21 Å². The van der Waals surface area contributed by atoms with Crippen molar-refractivity contribution in [1.29, 1.82) is 0 Å². The van der Waals surface area contributed by atoms with E-state index in [0.717, 1.165) is 9.99 Å². The number of likely N-dealkylation sites (N-methyl/N-ethyl adjacent to an activating group) is 1. The predicted octanol–water partition coefficient (Wildman–Crippen LogP) is 3.62. The highest BCUT2D eigenvalue weighted by Gasteiger charge is 2.29. The quantitative estimate of drug-likeness (QED) is 0.661. The number of piperazine rings is 1. The standard InChI is InChI=1S/C19H20Cl3N3O3S/c1-23(29(27,28)18-12-15(21)5-6-17(18)22)13-19(26)25-9-7-24(8-10-25)16-4-2-3-14(20)11-16/h2-6,11-12H,7-10,13H2,1H3. The van der Waals surface area contributed by atoms with Crippen LogP contribution in [0.4, 0.5) is 5.69 Å². The zero-order chi connectivity index (χ0) is 21.2. The van der Waals surface area contributed by atoms with E-state index >= 15 is 0 Å². The summed E-state index contributed by atoms with van der Waals surface area (Å²) in [6.45, 7) is 2.00. The van der Waals surface area contributed by atoms with Gasteiger partial charge >= 0.3 is 0 Å². The maximum absolute atomic E-state index is 12.8. The monoisotopic (exact) mass is 475 g/mol. The van der Waals surface area contributed by atoms with E-state index in [4.69, 9.17) is 34.8 Å². The van der Waals surface area contributed by atoms with Crippen LogP contribution in [0.3, 0.4) is 0 Å². The average molecular weight is 477 g/mol. The fourth-order valence-corrected chi connectivity index (χ4v) is 5.14. The van der Waals surface area contributed by atoms with Gasteiger partial charge in [-0.3, -0.25) is 4.79 Å². The molecule has 1 saturated heterocycles. The van der Waals surface area contributed by atoms with Gasteiger partial charge in [-0.05, 0) is 36.4 Å². The van der Waals surface area contributed by atoms with Crippen LogP contribution in [0.25, 0.3) is 0 Å². The number of hydrogen-bond acceptors (Lipinski definition) is 4. The van der Waals surface area contributed by atoms with Gasteiger partial charge in [-0.15, -0.1) is 0 Å². The molecule has 6 nitrogen and oxygen atoms in total. The summed E-state index contributed by atoms with van der Waals surface area (Å²) in [7, 11) is -2.59. The van der Waals surface area contributed by atoms with Crippen molar-refractivity contribution in [3.8, 4) is 0 Å². The van der Waals surface area contributed by atoms with E-state index < -0.39 is 10.0 Å². The molecule has 0 N–H and O–H groups in total. The van der Waals surface area contributed by atoms with Crippen LogP contribution in [-0.4, -0.2) is 63.3 Å². The van der Waals surface area contributed by atoms with Crippen molar-refractivity contribution < 1.29 is 13.2 Å². The zero-order valence-corrected chi connectivity index (χ0v) is 18.8. The highest BCUT2D eigenvalue weighted by atomic mass is 35.5. The normalized spacial score (nSPS) is 15.1. The van der Waals surface area contributed by atoms with Crippen molar-refractivity contribution in [3.05, 3.63) is 57.5 Å². The maximum atomic E-state index is 12.8. The summed E-state index contributed by atoms with van der Waals surface area (Å²) in [4.78, 5) is 16.3. The summed E-state index contributed by atoms with van der Waals surface area (Å²) in [5.41, 5.74) is 1.000. The van der Waals surface area contributed by atoms with Crippen molar-refractivity contribution in [2.24, 2.45) is 0 Å². The number of nitrogens with zero attached hydrogens (tertiary/aromatic N) is 3. The Morgan fingerprint density at radius 3 is 2.31 bits per heavy atom. The predicted molar refractivity (Wildman–Crippen MR) is 117 cm³/mol. The number of amides is 1. The van der Waals surface area contributed by atoms with Gasteiger partial charge in [-0.2, -0.15) is 4.31 Å². The molecule has 0 bridgehead atoms. The number of benzene rings is 2. The Bertz CT molecular complexity index is 1010. The molecular formula is C19H20Cl3N3O3S. The van der Waals surface area contributed by atoms with E-state index in [1.165, 1.54) is 25.2 Å². The molecule has 29 heavy (non-hydrogen) atoms. The molecule has 0 aliphatic carbocycles. The van der Waals surface area contributed by atoms with Gasteiger partial charge in [0.25, 0.3) is 0 Å². The number of carbonyl (C=O) groups excluding carboxylic acids is 1. The Morgan fingerprint density at radius 1 is 1.00 bits per heavy atom. The Morgan fingerprint density at radius 2 is 1.66 bits per heavy atom. The lowest BCUT2D eigenvalue weighted by Crippen LogP contribution is -2.51. The Balaban J connectivity index is 1.62. The van der Waals surface area contributed by atoms with Crippen LogP contribution in [0.5, 0.6) is 0 Å². The SMILES string of the molecule is CN(CC(=O)N1CCN(c2cccc(Cl)c2)CC1)S(=O)(=O)c1cc(Cl)ccc1Cl. The maximum Gasteiger partial charge on any atom is 0.244 e. The van der Waals surface area contributed by atoms with E-state index in [1.807, 2.05) is 24.3 Å². The Kier molecular flexibility index (Phi) is 6.96. The smallest absolute Gasteiger partial charge is 0.244 e.